The molecule has 96 valence electrons. The van der Waals surface area contributed by atoms with Gasteiger partial charge in [-0.3, -0.25) is 0 Å². The lowest BCUT2D eigenvalue weighted by atomic mass is 10.3. The Kier molecular flexibility index (Phi) is 4.47. The second kappa shape index (κ2) is 6.09. The molecule has 0 spiro atoms. The van der Waals surface area contributed by atoms with Crippen LogP contribution in [0.25, 0.3) is 0 Å². The molecule has 0 aromatic carbocycles. The molecule has 1 aromatic rings. The molecule has 0 aliphatic carbocycles. The standard InChI is InChI=1S/C11H21N5O/c1-15-6-8-16(9-7-15)5-3-11-13-10(2-4-12)14-17-11/h2-9,12H2,1H3. The van der Waals surface area contributed by atoms with E-state index in [1.807, 2.05) is 0 Å². The zero-order valence-electron chi connectivity index (χ0n) is 10.4. The smallest absolute Gasteiger partial charge is 0.227 e. The summed E-state index contributed by atoms with van der Waals surface area (Å²) in [5.74, 6) is 1.45. The maximum Gasteiger partial charge on any atom is 0.227 e. The Labute approximate surface area is 102 Å². The Balaban J connectivity index is 1.73. The van der Waals surface area contributed by atoms with Gasteiger partial charge in [0, 0.05) is 45.6 Å². The van der Waals surface area contributed by atoms with Gasteiger partial charge < -0.3 is 20.1 Å². The molecule has 0 bridgehead atoms. The molecule has 2 rings (SSSR count). The van der Waals surface area contributed by atoms with Gasteiger partial charge in [0.15, 0.2) is 5.82 Å². The third kappa shape index (κ3) is 3.76. The largest absolute Gasteiger partial charge is 0.339 e. The number of piperazine rings is 1. The first-order valence-corrected chi connectivity index (χ1v) is 6.20. The first-order chi connectivity index (χ1) is 8.28. The topological polar surface area (TPSA) is 71.4 Å². The second-order valence-electron chi connectivity index (χ2n) is 4.54. The monoisotopic (exact) mass is 239 g/mol. The third-order valence-electron chi connectivity index (χ3n) is 3.12. The molecule has 1 fully saturated rings. The van der Waals surface area contributed by atoms with E-state index in [4.69, 9.17) is 10.3 Å². The number of likely N-dealkylation sites (N-methyl/N-ethyl adjacent to an activating group) is 1. The molecule has 0 atom stereocenters. The van der Waals surface area contributed by atoms with Gasteiger partial charge in [0.2, 0.25) is 5.89 Å². The summed E-state index contributed by atoms with van der Waals surface area (Å²) in [6, 6.07) is 0. The fourth-order valence-corrected chi connectivity index (χ4v) is 1.95. The zero-order chi connectivity index (χ0) is 12.1. The van der Waals surface area contributed by atoms with E-state index in [0.717, 1.165) is 50.9 Å². The summed E-state index contributed by atoms with van der Waals surface area (Å²) in [6.45, 7) is 6.10. The summed E-state index contributed by atoms with van der Waals surface area (Å²) in [5.41, 5.74) is 5.44. The van der Waals surface area contributed by atoms with Crippen molar-refractivity contribution in [1.29, 1.82) is 0 Å². The van der Waals surface area contributed by atoms with Crippen molar-refractivity contribution in [3.05, 3.63) is 11.7 Å². The molecule has 0 amide bonds. The highest BCUT2D eigenvalue weighted by molar-refractivity contribution is 4.88. The summed E-state index contributed by atoms with van der Waals surface area (Å²) in [7, 11) is 2.16. The van der Waals surface area contributed by atoms with Crippen molar-refractivity contribution in [3.63, 3.8) is 0 Å². The molecule has 0 saturated carbocycles. The van der Waals surface area contributed by atoms with E-state index in [1.165, 1.54) is 0 Å². The first-order valence-electron chi connectivity index (χ1n) is 6.20. The van der Waals surface area contributed by atoms with Gasteiger partial charge in [-0.1, -0.05) is 5.16 Å². The van der Waals surface area contributed by atoms with Gasteiger partial charge in [0.1, 0.15) is 0 Å². The summed E-state index contributed by atoms with van der Waals surface area (Å²) >= 11 is 0. The van der Waals surface area contributed by atoms with Crippen LogP contribution in [-0.4, -0.2) is 66.3 Å². The molecule has 6 nitrogen and oxygen atoms in total. The summed E-state index contributed by atoms with van der Waals surface area (Å²) in [6.07, 6.45) is 1.53. The molecule has 6 heteroatoms. The highest BCUT2D eigenvalue weighted by Gasteiger charge is 2.14. The molecular weight excluding hydrogens is 218 g/mol. The number of rotatable bonds is 5. The lowest BCUT2D eigenvalue weighted by Gasteiger charge is -2.31. The van der Waals surface area contributed by atoms with Gasteiger partial charge in [-0.25, -0.2) is 0 Å². The van der Waals surface area contributed by atoms with Crippen LogP contribution in [0.15, 0.2) is 4.52 Å². The molecular formula is C11H21N5O. The molecule has 2 N–H and O–H groups in total. The molecule has 2 heterocycles. The van der Waals surface area contributed by atoms with Crippen molar-refractivity contribution < 1.29 is 4.52 Å². The van der Waals surface area contributed by atoms with Crippen LogP contribution in [0.1, 0.15) is 11.7 Å². The van der Waals surface area contributed by atoms with Gasteiger partial charge in [-0.15, -0.1) is 0 Å². The summed E-state index contributed by atoms with van der Waals surface area (Å²) in [5, 5.41) is 3.89. The Morgan fingerprint density at radius 3 is 2.71 bits per heavy atom. The third-order valence-corrected chi connectivity index (χ3v) is 3.12. The quantitative estimate of drug-likeness (QED) is 0.737. The minimum Gasteiger partial charge on any atom is -0.339 e. The normalized spacial score (nSPS) is 18.7. The van der Waals surface area contributed by atoms with Crippen molar-refractivity contribution in [2.45, 2.75) is 12.8 Å². The van der Waals surface area contributed by atoms with E-state index >= 15 is 0 Å². The lowest BCUT2D eigenvalue weighted by Crippen LogP contribution is -2.45. The van der Waals surface area contributed by atoms with Gasteiger partial charge in [0.05, 0.1) is 0 Å². The van der Waals surface area contributed by atoms with E-state index in [9.17, 15) is 0 Å². The zero-order valence-corrected chi connectivity index (χ0v) is 10.4. The van der Waals surface area contributed by atoms with Crippen LogP contribution in [0.5, 0.6) is 0 Å². The first kappa shape index (κ1) is 12.5. The van der Waals surface area contributed by atoms with Gasteiger partial charge >= 0.3 is 0 Å². The summed E-state index contributed by atoms with van der Waals surface area (Å²) < 4.78 is 5.18. The number of hydrogen-bond acceptors (Lipinski definition) is 6. The number of aromatic nitrogens is 2. The summed E-state index contributed by atoms with van der Waals surface area (Å²) in [4.78, 5) is 9.09. The maximum atomic E-state index is 5.44. The Morgan fingerprint density at radius 2 is 2.00 bits per heavy atom. The van der Waals surface area contributed by atoms with Crippen LogP contribution in [0.4, 0.5) is 0 Å². The molecule has 0 radical (unpaired) electrons. The average Bonchev–Trinajstić information content (AvgIpc) is 2.77. The predicted octanol–water partition coefficient (Wildman–Crippen LogP) is -0.639. The minimum atomic E-state index is 0.567. The molecule has 1 aliphatic rings. The SMILES string of the molecule is CN1CCN(CCc2nc(CCN)no2)CC1. The second-order valence-corrected chi connectivity index (χ2v) is 4.54. The van der Waals surface area contributed by atoms with E-state index in [1.54, 1.807) is 0 Å². The van der Waals surface area contributed by atoms with Crippen LogP contribution in [0, 0.1) is 0 Å². The number of hydrogen-bond donors (Lipinski definition) is 1. The maximum absolute atomic E-state index is 5.44. The number of nitrogens with zero attached hydrogens (tertiary/aromatic N) is 4. The van der Waals surface area contributed by atoms with Crippen molar-refractivity contribution in [2.75, 3.05) is 46.3 Å². The van der Waals surface area contributed by atoms with Crippen molar-refractivity contribution in [2.24, 2.45) is 5.73 Å². The van der Waals surface area contributed by atoms with Crippen LogP contribution in [-0.2, 0) is 12.8 Å². The molecule has 0 unspecified atom stereocenters. The predicted molar refractivity (Wildman–Crippen MR) is 64.7 cm³/mol. The van der Waals surface area contributed by atoms with Crippen LogP contribution >= 0.6 is 0 Å². The van der Waals surface area contributed by atoms with Crippen LogP contribution < -0.4 is 5.73 Å². The highest BCUT2D eigenvalue weighted by Crippen LogP contribution is 2.03. The molecule has 1 aliphatic heterocycles. The van der Waals surface area contributed by atoms with Crippen molar-refractivity contribution in [3.8, 4) is 0 Å². The van der Waals surface area contributed by atoms with E-state index in [2.05, 4.69) is 27.0 Å². The number of nitrogens with two attached hydrogens (primary N) is 1. The molecule has 17 heavy (non-hydrogen) atoms. The lowest BCUT2D eigenvalue weighted by molar-refractivity contribution is 0.152. The average molecular weight is 239 g/mol. The van der Waals surface area contributed by atoms with Gasteiger partial charge in [-0.05, 0) is 13.6 Å². The molecule has 1 aromatic heterocycles. The van der Waals surface area contributed by atoms with Crippen molar-refractivity contribution in [1.82, 2.24) is 19.9 Å². The van der Waals surface area contributed by atoms with E-state index < -0.39 is 0 Å². The van der Waals surface area contributed by atoms with Gasteiger partial charge in [0.25, 0.3) is 0 Å². The van der Waals surface area contributed by atoms with Crippen LogP contribution in [0.3, 0.4) is 0 Å². The Bertz CT molecular complexity index is 332. The van der Waals surface area contributed by atoms with E-state index in [0.29, 0.717) is 13.0 Å². The van der Waals surface area contributed by atoms with E-state index in [-0.39, 0.29) is 0 Å². The van der Waals surface area contributed by atoms with Gasteiger partial charge in [-0.2, -0.15) is 4.98 Å². The van der Waals surface area contributed by atoms with Crippen molar-refractivity contribution >= 4 is 0 Å². The molecule has 1 saturated heterocycles. The fraction of sp³-hybridized carbons (Fsp3) is 0.818. The Hall–Kier alpha value is -0.980. The highest BCUT2D eigenvalue weighted by atomic mass is 16.5. The Morgan fingerprint density at radius 1 is 1.24 bits per heavy atom. The van der Waals surface area contributed by atoms with Crippen LogP contribution in [0.2, 0.25) is 0 Å². The minimum absolute atomic E-state index is 0.567. The fourth-order valence-electron chi connectivity index (χ4n) is 1.95.